The highest BCUT2D eigenvalue weighted by Gasteiger charge is 2.15. The first-order chi connectivity index (χ1) is 11.9. The Balaban J connectivity index is 2.10. The number of amides is 1. The lowest BCUT2D eigenvalue weighted by molar-refractivity contribution is -0.142. The van der Waals surface area contributed by atoms with E-state index in [9.17, 15) is 9.59 Å². The maximum Gasteiger partial charge on any atom is 0.310 e. The molecule has 0 saturated heterocycles. The predicted molar refractivity (Wildman–Crippen MR) is 96.9 cm³/mol. The lowest BCUT2D eigenvalue weighted by Crippen LogP contribution is -2.12. The topological polar surface area (TPSA) is 73.2 Å². The van der Waals surface area contributed by atoms with Crippen LogP contribution in [-0.2, 0) is 27.3 Å². The lowest BCUT2D eigenvalue weighted by Gasteiger charge is -2.08. The first kappa shape index (κ1) is 19.0. The van der Waals surface area contributed by atoms with E-state index in [1.165, 1.54) is 0 Å². The van der Waals surface area contributed by atoms with Gasteiger partial charge < -0.3 is 10.1 Å². The van der Waals surface area contributed by atoms with E-state index < -0.39 is 0 Å². The highest BCUT2D eigenvalue weighted by molar-refractivity contribution is 6.29. The summed E-state index contributed by atoms with van der Waals surface area (Å²) in [6.45, 7) is 6.59. The summed E-state index contributed by atoms with van der Waals surface area (Å²) < 4.78 is 6.89. The molecule has 2 rings (SSSR count). The van der Waals surface area contributed by atoms with Crippen molar-refractivity contribution >= 4 is 29.2 Å². The summed E-state index contributed by atoms with van der Waals surface area (Å²) in [6, 6.07) is 7.49. The molecule has 1 N–H and O–H groups in total. The molecule has 0 fully saturated rings. The molecule has 0 spiro atoms. The summed E-state index contributed by atoms with van der Waals surface area (Å²) in [5.74, 6) is -0.555. The fourth-order valence-corrected chi connectivity index (χ4v) is 2.63. The van der Waals surface area contributed by atoms with Crippen LogP contribution in [0.5, 0.6) is 0 Å². The number of hydrogen-bond acceptors (Lipinski definition) is 4. The number of anilines is 1. The van der Waals surface area contributed by atoms with Crippen molar-refractivity contribution in [3.8, 4) is 0 Å². The van der Waals surface area contributed by atoms with Crippen molar-refractivity contribution in [2.75, 3.05) is 17.8 Å². The van der Waals surface area contributed by atoms with Gasteiger partial charge in [-0.05, 0) is 38.5 Å². The summed E-state index contributed by atoms with van der Waals surface area (Å²) in [7, 11) is 0. The van der Waals surface area contributed by atoms with Crippen LogP contribution in [0.3, 0.4) is 0 Å². The second kappa shape index (κ2) is 8.67. The summed E-state index contributed by atoms with van der Waals surface area (Å²) in [5, 5.41) is 7.22. The molecule has 0 atom stereocenters. The Kier molecular flexibility index (Phi) is 6.58. The number of carbonyl (C=O) groups is 2. The number of nitrogens with one attached hydrogen (secondary N) is 1. The SMILES string of the molecule is CCOC(=O)Cc1c(C)nn(Cc2ccc(NC(=O)CCl)cc2)c1C. The van der Waals surface area contributed by atoms with Gasteiger partial charge in [0.25, 0.3) is 0 Å². The Bertz CT molecular complexity index is 754. The first-order valence-electron chi connectivity index (χ1n) is 8.07. The average Bonchev–Trinajstić information content (AvgIpc) is 2.84. The zero-order chi connectivity index (χ0) is 18.4. The van der Waals surface area contributed by atoms with Gasteiger partial charge in [0.1, 0.15) is 5.88 Å². The van der Waals surface area contributed by atoms with Crippen molar-refractivity contribution < 1.29 is 14.3 Å². The molecule has 25 heavy (non-hydrogen) atoms. The molecule has 0 aliphatic carbocycles. The average molecular weight is 364 g/mol. The lowest BCUT2D eigenvalue weighted by atomic mass is 10.1. The van der Waals surface area contributed by atoms with Crippen LogP contribution in [0.4, 0.5) is 5.69 Å². The molecular weight excluding hydrogens is 342 g/mol. The minimum Gasteiger partial charge on any atom is -0.466 e. The highest BCUT2D eigenvalue weighted by Crippen LogP contribution is 2.17. The number of esters is 1. The van der Waals surface area contributed by atoms with Crippen LogP contribution < -0.4 is 5.32 Å². The molecule has 0 bridgehead atoms. The van der Waals surface area contributed by atoms with Crippen LogP contribution in [0.15, 0.2) is 24.3 Å². The highest BCUT2D eigenvalue weighted by atomic mass is 35.5. The molecular formula is C18H22ClN3O3. The molecule has 0 aliphatic rings. The molecule has 6 nitrogen and oxygen atoms in total. The van der Waals surface area contributed by atoms with Crippen molar-refractivity contribution in [2.45, 2.75) is 33.7 Å². The molecule has 1 aromatic heterocycles. The van der Waals surface area contributed by atoms with Gasteiger partial charge in [0.15, 0.2) is 0 Å². The van der Waals surface area contributed by atoms with Crippen LogP contribution in [0.2, 0.25) is 0 Å². The van der Waals surface area contributed by atoms with Crippen molar-refractivity contribution in [1.82, 2.24) is 9.78 Å². The van der Waals surface area contributed by atoms with Crippen LogP contribution in [-0.4, -0.2) is 34.1 Å². The second-order valence-electron chi connectivity index (χ2n) is 5.67. The molecule has 0 saturated carbocycles. The molecule has 0 radical (unpaired) electrons. The molecule has 134 valence electrons. The Morgan fingerprint density at radius 3 is 2.52 bits per heavy atom. The van der Waals surface area contributed by atoms with Gasteiger partial charge in [-0.15, -0.1) is 11.6 Å². The van der Waals surface area contributed by atoms with Crippen LogP contribution in [0.1, 0.15) is 29.4 Å². The van der Waals surface area contributed by atoms with Crippen molar-refractivity contribution in [3.63, 3.8) is 0 Å². The Morgan fingerprint density at radius 1 is 1.24 bits per heavy atom. The van der Waals surface area contributed by atoms with Gasteiger partial charge in [-0.3, -0.25) is 14.3 Å². The third-order valence-electron chi connectivity index (χ3n) is 3.85. The zero-order valence-corrected chi connectivity index (χ0v) is 15.4. The van der Waals surface area contributed by atoms with Gasteiger partial charge >= 0.3 is 5.97 Å². The smallest absolute Gasteiger partial charge is 0.310 e. The molecule has 0 unspecified atom stereocenters. The van der Waals surface area contributed by atoms with Gasteiger partial charge in [-0.1, -0.05) is 12.1 Å². The van der Waals surface area contributed by atoms with Crippen LogP contribution >= 0.6 is 11.6 Å². The van der Waals surface area contributed by atoms with Gasteiger partial charge in [0.05, 0.1) is 25.3 Å². The van der Waals surface area contributed by atoms with E-state index in [1.54, 1.807) is 6.92 Å². The molecule has 1 aromatic carbocycles. The van der Waals surface area contributed by atoms with Gasteiger partial charge in [-0.25, -0.2) is 0 Å². The standard InChI is InChI=1S/C18H22ClN3O3/c1-4-25-18(24)9-16-12(2)21-22(13(16)3)11-14-5-7-15(8-6-14)20-17(23)10-19/h5-8H,4,9-11H2,1-3H3,(H,20,23). The maximum atomic E-state index is 11.7. The van der Waals surface area contributed by atoms with E-state index >= 15 is 0 Å². The van der Waals surface area contributed by atoms with Crippen LogP contribution in [0.25, 0.3) is 0 Å². The Hall–Kier alpha value is -2.34. The molecule has 2 aromatic rings. The van der Waals surface area contributed by atoms with Crippen molar-refractivity contribution in [3.05, 3.63) is 46.8 Å². The number of rotatable bonds is 7. The number of carbonyl (C=O) groups excluding carboxylic acids is 2. The summed E-state index contributed by atoms with van der Waals surface area (Å²) in [5.41, 5.74) is 4.42. The summed E-state index contributed by atoms with van der Waals surface area (Å²) in [6.07, 6.45) is 0.231. The minimum absolute atomic E-state index is 0.0727. The van der Waals surface area contributed by atoms with Crippen molar-refractivity contribution in [2.24, 2.45) is 0 Å². The van der Waals surface area contributed by atoms with Crippen LogP contribution in [0, 0.1) is 13.8 Å². The third kappa shape index (κ3) is 5.06. The number of nitrogens with zero attached hydrogens (tertiary/aromatic N) is 2. The predicted octanol–water partition coefficient (Wildman–Crippen LogP) is 2.83. The normalized spacial score (nSPS) is 10.6. The van der Waals surface area contributed by atoms with E-state index in [-0.39, 0.29) is 24.2 Å². The van der Waals surface area contributed by atoms with E-state index in [0.717, 1.165) is 22.5 Å². The number of aromatic nitrogens is 2. The number of halogens is 1. The second-order valence-corrected chi connectivity index (χ2v) is 5.93. The first-order valence-corrected chi connectivity index (χ1v) is 8.61. The quantitative estimate of drug-likeness (QED) is 0.606. The van der Waals surface area contributed by atoms with E-state index in [4.69, 9.17) is 16.3 Å². The van der Waals surface area contributed by atoms with E-state index in [1.807, 2.05) is 42.8 Å². The Morgan fingerprint density at radius 2 is 1.92 bits per heavy atom. The molecule has 1 heterocycles. The zero-order valence-electron chi connectivity index (χ0n) is 14.6. The molecule has 1 amide bonds. The number of benzene rings is 1. The Labute approximate surface area is 152 Å². The van der Waals surface area contributed by atoms with Gasteiger partial charge in [0, 0.05) is 16.9 Å². The fourth-order valence-electron chi connectivity index (χ4n) is 2.56. The number of ether oxygens (including phenoxy) is 1. The molecule has 7 heteroatoms. The van der Waals surface area contributed by atoms with Gasteiger partial charge in [0.2, 0.25) is 5.91 Å². The number of aryl methyl sites for hydroxylation is 1. The summed E-state index contributed by atoms with van der Waals surface area (Å²) >= 11 is 5.47. The fraction of sp³-hybridized carbons (Fsp3) is 0.389. The largest absolute Gasteiger partial charge is 0.466 e. The monoisotopic (exact) mass is 363 g/mol. The number of alkyl halides is 1. The summed E-state index contributed by atoms with van der Waals surface area (Å²) in [4.78, 5) is 23.0. The molecule has 0 aliphatic heterocycles. The minimum atomic E-state index is -0.243. The van der Waals surface area contributed by atoms with Crippen molar-refractivity contribution in [1.29, 1.82) is 0 Å². The number of hydrogen-bond donors (Lipinski definition) is 1. The van der Waals surface area contributed by atoms with E-state index in [2.05, 4.69) is 10.4 Å². The third-order valence-corrected chi connectivity index (χ3v) is 4.09. The van der Waals surface area contributed by atoms with E-state index in [0.29, 0.717) is 18.8 Å². The maximum absolute atomic E-state index is 11.7. The van der Waals surface area contributed by atoms with Gasteiger partial charge in [-0.2, -0.15) is 5.10 Å².